The Morgan fingerprint density at radius 1 is 0.519 bits per heavy atom. The van der Waals surface area contributed by atoms with E-state index >= 15 is 0 Å². The van der Waals surface area contributed by atoms with Crippen molar-refractivity contribution in [3.8, 4) is 69.1 Å². The van der Waals surface area contributed by atoms with Gasteiger partial charge in [-0.1, -0.05) is 12.1 Å². The zero-order chi connectivity index (χ0) is 35.3. The van der Waals surface area contributed by atoms with Gasteiger partial charge in [0.2, 0.25) is 29.5 Å². The van der Waals surface area contributed by atoms with Crippen molar-refractivity contribution in [2.75, 3.05) is 41.3 Å². The number of oxazole rings is 5. The SMILES string of the molecule is CN(C)CCc1oc2nc1C1=NC(=CC1)c1nc(co1)-c1cccc(n1)-c1nc(c(CCN(C)C)o1)-c1nc(co1)-c1nc(co1)-c1cccc-2n1. The lowest BCUT2D eigenvalue weighted by atomic mass is 10.1. The van der Waals surface area contributed by atoms with E-state index in [-0.39, 0.29) is 11.8 Å². The molecular formula is C37H32N10O5. The van der Waals surface area contributed by atoms with Crippen molar-refractivity contribution >= 4 is 11.4 Å². The highest BCUT2D eigenvalue weighted by Gasteiger charge is 2.27. The van der Waals surface area contributed by atoms with Crippen molar-refractivity contribution < 1.29 is 22.1 Å². The highest BCUT2D eigenvalue weighted by Crippen LogP contribution is 2.34. The number of likely N-dealkylation sites (N-methyl/N-ethyl adjacent to an activating group) is 2. The zero-order valence-corrected chi connectivity index (χ0v) is 28.8. The lowest BCUT2D eigenvalue weighted by Crippen LogP contribution is -2.16. The Hall–Kier alpha value is -6.32. The second-order valence-electron chi connectivity index (χ2n) is 13.0. The van der Waals surface area contributed by atoms with Gasteiger partial charge in [-0.15, -0.1) is 0 Å². The van der Waals surface area contributed by atoms with Crippen LogP contribution in [-0.2, 0) is 12.8 Å². The third-order valence-corrected chi connectivity index (χ3v) is 8.60. The zero-order valence-electron chi connectivity index (χ0n) is 28.8. The number of rotatable bonds is 6. The first kappa shape index (κ1) is 31.6. The van der Waals surface area contributed by atoms with Crippen LogP contribution in [0.1, 0.15) is 29.5 Å². The minimum absolute atomic E-state index is 0.262. The third kappa shape index (κ3) is 5.95. The van der Waals surface area contributed by atoms with Crippen molar-refractivity contribution in [1.82, 2.24) is 44.7 Å². The summed E-state index contributed by atoms with van der Waals surface area (Å²) in [5.74, 6) is 2.91. The van der Waals surface area contributed by atoms with Gasteiger partial charge in [0.1, 0.15) is 64.5 Å². The molecule has 0 saturated carbocycles. The van der Waals surface area contributed by atoms with E-state index < -0.39 is 0 Å². The lowest BCUT2D eigenvalue weighted by molar-refractivity contribution is 0.391. The van der Waals surface area contributed by atoms with Crippen LogP contribution in [0.15, 0.2) is 88.3 Å². The molecule has 7 aromatic rings. The minimum atomic E-state index is 0.262. The van der Waals surface area contributed by atoms with Gasteiger partial charge in [-0.2, -0.15) is 0 Å². The third-order valence-electron chi connectivity index (χ3n) is 8.60. The Kier molecular flexibility index (Phi) is 7.78. The van der Waals surface area contributed by atoms with Crippen molar-refractivity contribution in [2.45, 2.75) is 19.3 Å². The van der Waals surface area contributed by atoms with Crippen LogP contribution in [0.5, 0.6) is 0 Å². The molecule has 0 atom stereocenters. The van der Waals surface area contributed by atoms with Crippen LogP contribution in [-0.4, -0.2) is 91.7 Å². The molecule has 9 heterocycles. The summed E-state index contributed by atoms with van der Waals surface area (Å²) in [6.07, 6.45) is 8.27. The molecule has 0 aliphatic carbocycles. The van der Waals surface area contributed by atoms with Crippen LogP contribution in [0.2, 0.25) is 0 Å². The maximum atomic E-state index is 6.38. The fraction of sp³-hybridized carbons (Fsp3) is 0.243. The minimum Gasteiger partial charge on any atom is -0.443 e. The van der Waals surface area contributed by atoms with E-state index in [4.69, 9.17) is 62.0 Å². The molecule has 16 bridgehead atoms. The topological polar surface area (TPSA) is 175 Å². The van der Waals surface area contributed by atoms with E-state index in [1.54, 1.807) is 6.26 Å². The predicted octanol–water partition coefficient (Wildman–Crippen LogP) is 6.17. The standard InChI is InChI=1S/C37H32N10O5/c1-46(2)15-13-29-31-22-11-12-25(40-22)33-41-26(17-48-33)20-7-6-10-24(39-20)36-45-32(30(52-36)14-16-47(3)4)37-43-28(19-50-37)34-42-27(18-49-34)21-8-5-9-23(38-21)35(44-31)51-29/h5-10,12,17-19H,11,13-16H2,1-4H3. The Labute approximate surface area is 296 Å². The van der Waals surface area contributed by atoms with E-state index in [1.807, 2.05) is 70.7 Å². The molecule has 0 spiro atoms. The average molecular weight is 697 g/mol. The summed E-state index contributed by atoms with van der Waals surface area (Å²) in [7, 11) is 8.02. The van der Waals surface area contributed by atoms with E-state index in [9.17, 15) is 0 Å². The Morgan fingerprint density at radius 2 is 1.04 bits per heavy atom. The molecule has 2 aliphatic rings. The number of hydrogen-bond acceptors (Lipinski definition) is 15. The molecule has 0 fully saturated rings. The first-order valence-electron chi connectivity index (χ1n) is 16.7. The van der Waals surface area contributed by atoms with E-state index in [2.05, 4.69) is 9.80 Å². The normalized spacial score (nSPS) is 13.4. The molecule has 0 saturated heterocycles. The van der Waals surface area contributed by atoms with Crippen LogP contribution in [0.25, 0.3) is 74.8 Å². The highest BCUT2D eigenvalue weighted by atomic mass is 16.4. The van der Waals surface area contributed by atoms with E-state index in [1.165, 1.54) is 12.5 Å². The fourth-order valence-corrected chi connectivity index (χ4v) is 5.91. The number of aliphatic imine (C=N–C) groups is 1. The van der Waals surface area contributed by atoms with Crippen LogP contribution in [0.4, 0.5) is 0 Å². The van der Waals surface area contributed by atoms with Gasteiger partial charge in [0.15, 0.2) is 11.4 Å². The molecule has 15 nitrogen and oxygen atoms in total. The molecule has 9 rings (SSSR count). The average Bonchev–Trinajstić information content (AvgIpc) is 4.00. The Balaban J connectivity index is 1.18. The van der Waals surface area contributed by atoms with Crippen LogP contribution in [0.3, 0.4) is 0 Å². The molecule has 0 radical (unpaired) electrons. The van der Waals surface area contributed by atoms with Crippen LogP contribution in [0, 0.1) is 0 Å². The van der Waals surface area contributed by atoms with Crippen LogP contribution >= 0.6 is 0 Å². The van der Waals surface area contributed by atoms with E-state index in [0.717, 1.165) is 12.3 Å². The first-order valence-corrected chi connectivity index (χ1v) is 16.7. The monoisotopic (exact) mass is 696 g/mol. The molecular weight excluding hydrogens is 664 g/mol. The molecule has 0 amide bonds. The number of nitrogens with zero attached hydrogens (tertiary/aromatic N) is 10. The quantitative estimate of drug-likeness (QED) is 0.193. The number of pyridine rings is 2. The van der Waals surface area contributed by atoms with Crippen molar-refractivity contribution in [3.63, 3.8) is 0 Å². The van der Waals surface area contributed by atoms with Gasteiger partial charge in [0, 0.05) is 32.4 Å². The number of aromatic nitrogens is 7. The summed E-state index contributed by atoms with van der Waals surface area (Å²) in [5.41, 5.74) is 6.15. The highest BCUT2D eigenvalue weighted by molar-refractivity contribution is 6.06. The number of fused-ring (bicyclic) bond motifs is 23. The van der Waals surface area contributed by atoms with Gasteiger partial charge in [-0.25, -0.2) is 39.9 Å². The lowest BCUT2D eigenvalue weighted by Gasteiger charge is -2.08. The van der Waals surface area contributed by atoms with Crippen molar-refractivity contribution in [1.29, 1.82) is 0 Å². The Bertz CT molecular complexity index is 2490. The molecule has 15 heteroatoms. The maximum absolute atomic E-state index is 6.38. The van der Waals surface area contributed by atoms with Gasteiger partial charge in [-0.3, -0.25) is 0 Å². The second-order valence-corrected chi connectivity index (χ2v) is 13.0. The summed E-state index contributed by atoms with van der Waals surface area (Å²) in [6, 6.07) is 11.1. The first-order chi connectivity index (χ1) is 25.3. The molecule has 52 heavy (non-hydrogen) atoms. The van der Waals surface area contributed by atoms with Gasteiger partial charge in [0.25, 0.3) is 0 Å². The van der Waals surface area contributed by atoms with Crippen molar-refractivity contribution in [3.05, 3.63) is 84.4 Å². The second kappa shape index (κ2) is 12.8. The smallest absolute Gasteiger partial charge is 0.249 e. The molecule has 260 valence electrons. The molecule has 2 aliphatic heterocycles. The summed E-state index contributed by atoms with van der Waals surface area (Å²) in [4.78, 5) is 42.6. The number of allylic oxidation sites excluding steroid dienone is 1. The van der Waals surface area contributed by atoms with Crippen LogP contribution < -0.4 is 0 Å². The molecule has 0 N–H and O–H groups in total. The molecule has 7 aromatic heterocycles. The van der Waals surface area contributed by atoms with E-state index in [0.29, 0.717) is 112 Å². The van der Waals surface area contributed by atoms with Gasteiger partial charge in [0.05, 0.1) is 17.1 Å². The Morgan fingerprint density at radius 3 is 1.69 bits per heavy atom. The fourth-order valence-electron chi connectivity index (χ4n) is 5.91. The summed E-state index contributed by atoms with van der Waals surface area (Å²) in [6.45, 7) is 1.47. The molecule has 0 aromatic carbocycles. The van der Waals surface area contributed by atoms with Gasteiger partial charge >= 0.3 is 0 Å². The summed E-state index contributed by atoms with van der Waals surface area (Å²) >= 11 is 0. The summed E-state index contributed by atoms with van der Waals surface area (Å²) in [5, 5.41) is 0. The van der Waals surface area contributed by atoms with Gasteiger partial charge < -0.3 is 31.9 Å². The maximum Gasteiger partial charge on any atom is 0.249 e. The predicted molar refractivity (Wildman–Crippen MR) is 189 cm³/mol. The largest absolute Gasteiger partial charge is 0.443 e. The van der Waals surface area contributed by atoms with Crippen molar-refractivity contribution in [2.24, 2.45) is 4.99 Å². The molecule has 0 unspecified atom stereocenters. The number of hydrogen-bond donors (Lipinski definition) is 0. The van der Waals surface area contributed by atoms with Gasteiger partial charge in [-0.05, 0) is 58.5 Å². The summed E-state index contributed by atoms with van der Waals surface area (Å²) < 4.78 is 30.4.